The second-order valence-electron chi connectivity index (χ2n) is 2.44. The number of nitrogens with zero attached hydrogens (tertiary/aromatic N) is 2. The third-order valence-electron chi connectivity index (χ3n) is 1.59. The first-order valence-electron chi connectivity index (χ1n) is 3.55. The molecule has 0 saturated carbocycles. The van der Waals surface area contributed by atoms with Crippen LogP contribution in [0.1, 0.15) is 0 Å². The summed E-state index contributed by atoms with van der Waals surface area (Å²) in [5, 5.41) is 9.94. The maximum absolute atomic E-state index is 9.28. The van der Waals surface area contributed by atoms with E-state index < -0.39 is 0 Å². The van der Waals surface area contributed by atoms with E-state index in [1.54, 1.807) is 24.3 Å². The van der Waals surface area contributed by atoms with E-state index in [1.807, 2.05) is 0 Å². The molecule has 5 heteroatoms. The summed E-state index contributed by atoms with van der Waals surface area (Å²) in [6, 6.07) is 7.07. The minimum Gasteiger partial charge on any atom is -0.491 e. The van der Waals surface area contributed by atoms with E-state index in [4.69, 9.17) is 11.6 Å². The van der Waals surface area contributed by atoms with Gasteiger partial charge in [0.1, 0.15) is 5.69 Å². The van der Waals surface area contributed by atoms with Crippen molar-refractivity contribution in [2.24, 2.45) is 0 Å². The van der Waals surface area contributed by atoms with Crippen molar-refractivity contribution in [1.29, 1.82) is 0 Å². The zero-order chi connectivity index (χ0) is 9.26. The predicted molar refractivity (Wildman–Crippen MR) is 52.0 cm³/mol. The van der Waals surface area contributed by atoms with Crippen LogP contribution in [0.25, 0.3) is 11.3 Å². The summed E-state index contributed by atoms with van der Waals surface area (Å²) in [4.78, 5) is 0. The van der Waals surface area contributed by atoms with Gasteiger partial charge in [0.15, 0.2) is 0 Å². The lowest BCUT2D eigenvalue weighted by Gasteiger charge is -1.95. The molecule has 0 aliphatic heterocycles. The number of hydrogen-bond donors (Lipinski definition) is 1. The quantitative estimate of drug-likeness (QED) is 0.790. The topological polar surface area (TPSA) is 46.0 Å². The molecule has 2 aromatic rings. The van der Waals surface area contributed by atoms with Crippen molar-refractivity contribution in [3.63, 3.8) is 0 Å². The molecule has 0 atom stereocenters. The molecule has 1 heterocycles. The van der Waals surface area contributed by atoms with E-state index in [-0.39, 0.29) is 5.88 Å². The van der Waals surface area contributed by atoms with Gasteiger partial charge in [-0.2, -0.15) is 4.37 Å². The number of benzene rings is 1. The van der Waals surface area contributed by atoms with Crippen LogP contribution in [0.3, 0.4) is 0 Å². The Bertz CT molecular complexity index is 412. The van der Waals surface area contributed by atoms with Crippen LogP contribution in [0.4, 0.5) is 0 Å². The van der Waals surface area contributed by atoms with Gasteiger partial charge in [0, 0.05) is 10.6 Å². The van der Waals surface area contributed by atoms with Gasteiger partial charge in [-0.1, -0.05) is 23.7 Å². The first-order chi connectivity index (χ1) is 6.27. The molecule has 3 nitrogen and oxygen atoms in total. The van der Waals surface area contributed by atoms with Crippen molar-refractivity contribution in [3.05, 3.63) is 29.3 Å². The Balaban J connectivity index is 2.47. The Labute approximate surface area is 83.9 Å². The highest BCUT2D eigenvalue weighted by molar-refractivity contribution is 6.99. The molecule has 13 heavy (non-hydrogen) atoms. The van der Waals surface area contributed by atoms with Crippen LogP contribution >= 0.6 is 23.3 Å². The number of hydrogen-bond acceptors (Lipinski definition) is 4. The SMILES string of the molecule is Oc1nsnc1-c1ccc(Cl)cc1. The average molecular weight is 213 g/mol. The largest absolute Gasteiger partial charge is 0.491 e. The van der Waals surface area contributed by atoms with Crippen molar-refractivity contribution in [2.45, 2.75) is 0 Å². The van der Waals surface area contributed by atoms with E-state index in [9.17, 15) is 5.11 Å². The molecule has 0 fully saturated rings. The zero-order valence-electron chi connectivity index (χ0n) is 6.44. The van der Waals surface area contributed by atoms with Gasteiger partial charge in [-0.3, -0.25) is 0 Å². The predicted octanol–water partition coefficient (Wildman–Crippen LogP) is 2.56. The molecule has 0 amide bonds. The lowest BCUT2D eigenvalue weighted by Crippen LogP contribution is -1.76. The Hall–Kier alpha value is -1.13. The van der Waals surface area contributed by atoms with Crippen LogP contribution in [-0.2, 0) is 0 Å². The number of aromatic nitrogens is 2. The van der Waals surface area contributed by atoms with Gasteiger partial charge >= 0.3 is 0 Å². The van der Waals surface area contributed by atoms with Gasteiger partial charge in [-0.25, -0.2) is 0 Å². The molecule has 0 saturated heterocycles. The van der Waals surface area contributed by atoms with Crippen molar-refractivity contribution in [2.75, 3.05) is 0 Å². The Morgan fingerprint density at radius 1 is 1.15 bits per heavy atom. The Morgan fingerprint density at radius 2 is 1.85 bits per heavy atom. The number of rotatable bonds is 1. The molecule has 1 aromatic heterocycles. The molecule has 66 valence electrons. The first kappa shape index (κ1) is 8.47. The Morgan fingerprint density at radius 3 is 2.38 bits per heavy atom. The lowest BCUT2D eigenvalue weighted by atomic mass is 10.2. The van der Waals surface area contributed by atoms with Crippen molar-refractivity contribution in [1.82, 2.24) is 8.75 Å². The summed E-state index contributed by atoms with van der Waals surface area (Å²) < 4.78 is 7.62. The van der Waals surface area contributed by atoms with E-state index >= 15 is 0 Å². The van der Waals surface area contributed by atoms with Gasteiger partial charge in [0.25, 0.3) is 5.88 Å². The third kappa shape index (κ3) is 1.64. The van der Waals surface area contributed by atoms with Crippen molar-refractivity contribution < 1.29 is 5.11 Å². The third-order valence-corrected chi connectivity index (χ3v) is 2.36. The van der Waals surface area contributed by atoms with E-state index in [0.717, 1.165) is 17.3 Å². The summed E-state index contributed by atoms with van der Waals surface area (Å²) in [6.07, 6.45) is 0. The highest BCUT2D eigenvalue weighted by Crippen LogP contribution is 2.27. The van der Waals surface area contributed by atoms with Crippen LogP contribution in [-0.4, -0.2) is 13.9 Å². The lowest BCUT2D eigenvalue weighted by molar-refractivity contribution is 0.461. The molecule has 0 radical (unpaired) electrons. The van der Waals surface area contributed by atoms with Crippen LogP contribution in [0.15, 0.2) is 24.3 Å². The fraction of sp³-hybridized carbons (Fsp3) is 0. The van der Waals surface area contributed by atoms with Gasteiger partial charge in [-0.15, -0.1) is 4.37 Å². The van der Waals surface area contributed by atoms with Crippen LogP contribution in [0, 0.1) is 0 Å². The monoisotopic (exact) mass is 212 g/mol. The summed E-state index contributed by atoms with van der Waals surface area (Å²) in [5.74, 6) is -0.0349. The van der Waals surface area contributed by atoms with E-state index in [2.05, 4.69) is 8.75 Å². The normalized spacial score (nSPS) is 10.2. The number of aromatic hydroxyl groups is 1. The Kier molecular flexibility index (Phi) is 2.16. The average Bonchev–Trinajstić information content (AvgIpc) is 2.53. The van der Waals surface area contributed by atoms with Gasteiger partial charge in [0.05, 0.1) is 11.7 Å². The fourth-order valence-corrected chi connectivity index (χ4v) is 1.57. The van der Waals surface area contributed by atoms with Crippen molar-refractivity contribution in [3.8, 4) is 17.1 Å². The zero-order valence-corrected chi connectivity index (χ0v) is 8.01. The molecule has 0 bridgehead atoms. The maximum Gasteiger partial charge on any atom is 0.251 e. The van der Waals surface area contributed by atoms with E-state index in [1.165, 1.54) is 0 Å². The molecular formula is C8H5ClN2OS. The van der Waals surface area contributed by atoms with Crippen LogP contribution in [0.5, 0.6) is 5.88 Å². The van der Waals surface area contributed by atoms with Gasteiger partial charge in [0.2, 0.25) is 0 Å². The molecule has 1 N–H and O–H groups in total. The molecule has 1 aromatic carbocycles. The number of halogens is 1. The highest BCUT2D eigenvalue weighted by atomic mass is 35.5. The molecule has 2 rings (SSSR count). The van der Waals surface area contributed by atoms with Gasteiger partial charge < -0.3 is 5.11 Å². The summed E-state index contributed by atoms with van der Waals surface area (Å²) >= 11 is 6.70. The maximum atomic E-state index is 9.28. The van der Waals surface area contributed by atoms with E-state index in [0.29, 0.717) is 10.7 Å². The molecular weight excluding hydrogens is 208 g/mol. The minimum absolute atomic E-state index is 0.0349. The standard InChI is InChI=1S/C8H5ClN2OS/c9-6-3-1-5(2-4-6)7-8(12)11-13-10-7/h1-4H,(H,11,12). The first-order valence-corrected chi connectivity index (χ1v) is 4.65. The summed E-state index contributed by atoms with van der Waals surface area (Å²) in [7, 11) is 0. The van der Waals surface area contributed by atoms with Crippen LogP contribution in [0.2, 0.25) is 5.02 Å². The highest BCUT2D eigenvalue weighted by Gasteiger charge is 2.07. The molecule has 0 aliphatic rings. The molecule has 0 spiro atoms. The van der Waals surface area contributed by atoms with Crippen LogP contribution < -0.4 is 0 Å². The summed E-state index contributed by atoms with van der Waals surface area (Å²) in [5.41, 5.74) is 1.32. The molecule has 0 aliphatic carbocycles. The van der Waals surface area contributed by atoms with Crippen molar-refractivity contribution >= 4 is 23.3 Å². The minimum atomic E-state index is -0.0349. The second kappa shape index (κ2) is 3.32. The smallest absolute Gasteiger partial charge is 0.251 e. The fourth-order valence-electron chi connectivity index (χ4n) is 0.974. The summed E-state index contributed by atoms with van der Waals surface area (Å²) in [6.45, 7) is 0. The second-order valence-corrected chi connectivity index (χ2v) is 3.41. The molecule has 0 unspecified atom stereocenters. The van der Waals surface area contributed by atoms with Gasteiger partial charge in [-0.05, 0) is 12.1 Å².